The third-order valence-corrected chi connectivity index (χ3v) is 4.33. The first-order chi connectivity index (χ1) is 8.41. The average Bonchev–Trinajstić information content (AvgIpc) is 2.77. The fourth-order valence-corrected chi connectivity index (χ4v) is 2.66. The van der Waals surface area contributed by atoms with Gasteiger partial charge in [-0.05, 0) is 17.7 Å². The van der Waals surface area contributed by atoms with Gasteiger partial charge >= 0.3 is 0 Å². The van der Waals surface area contributed by atoms with Crippen molar-refractivity contribution in [3.63, 3.8) is 0 Å². The summed E-state index contributed by atoms with van der Waals surface area (Å²) < 4.78 is 24.3. The number of sulfone groups is 1. The number of benzene rings is 1. The lowest BCUT2D eigenvalue weighted by molar-refractivity contribution is 0.602. The zero-order valence-corrected chi connectivity index (χ0v) is 12.6. The van der Waals surface area contributed by atoms with E-state index in [0.717, 1.165) is 17.5 Å². The van der Waals surface area contributed by atoms with Gasteiger partial charge in [0.1, 0.15) is 4.90 Å². The molecule has 0 spiro atoms. The first-order valence-corrected chi connectivity index (χ1v) is 8.40. The van der Waals surface area contributed by atoms with Crippen LogP contribution in [0.3, 0.4) is 0 Å². The van der Waals surface area contributed by atoms with E-state index in [1.165, 1.54) is 17.1 Å². The molecule has 0 bridgehead atoms. The Kier molecular flexibility index (Phi) is 3.79. The average molecular weight is 350 g/mol. The predicted octanol–water partition coefficient (Wildman–Crippen LogP) is 2.82. The van der Waals surface area contributed by atoms with Gasteiger partial charge < -0.3 is 0 Å². The van der Waals surface area contributed by atoms with Gasteiger partial charge in [0.05, 0.1) is 11.9 Å². The molecule has 0 radical (unpaired) electrons. The summed E-state index contributed by atoms with van der Waals surface area (Å²) in [4.78, 5) is 0.183. The Morgan fingerprint density at radius 1 is 1.44 bits per heavy atom. The molecule has 96 valence electrons. The topological polar surface area (TPSA) is 52.0 Å². The van der Waals surface area contributed by atoms with Gasteiger partial charge in [0.15, 0.2) is 9.84 Å². The summed E-state index contributed by atoms with van der Waals surface area (Å²) in [6.45, 7) is 0. The van der Waals surface area contributed by atoms with E-state index in [9.17, 15) is 8.42 Å². The molecular weight excluding hydrogens is 340 g/mol. The molecule has 18 heavy (non-hydrogen) atoms. The number of hydrogen-bond acceptors (Lipinski definition) is 3. The minimum absolute atomic E-state index is 0.183. The molecule has 0 aliphatic heterocycles. The lowest BCUT2D eigenvalue weighted by Crippen LogP contribution is -1.99. The molecule has 1 aromatic heterocycles. The van der Waals surface area contributed by atoms with E-state index in [0.29, 0.717) is 10.4 Å². The molecule has 0 atom stereocenters. The molecule has 7 heteroatoms. The molecule has 0 N–H and O–H groups in total. The monoisotopic (exact) mass is 348 g/mol. The van der Waals surface area contributed by atoms with Crippen LogP contribution in [-0.4, -0.2) is 24.5 Å². The fourth-order valence-electron chi connectivity index (χ4n) is 1.49. The second-order valence-electron chi connectivity index (χ2n) is 3.80. The highest BCUT2D eigenvalue weighted by Crippen LogP contribution is 2.22. The Hall–Kier alpha value is -0.850. The third-order valence-electron chi connectivity index (χ3n) is 2.43. The van der Waals surface area contributed by atoms with Crippen LogP contribution in [0.25, 0.3) is 5.69 Å². The van der Waals surface area contributed by atoms with Crippen LogP contribution in [0.1, 0.15) is 5.56 Å². The molecule has 0 fully saturated rings. The van der Waals surface area contributed by atoms with Crippen LogP contribution in [0, 0.1) is 0 Å². The molecule has 0 amide bonds. The maximum Gasteiger partial charge on any atom is 0.178 e. The van der Waals surface area contributed by atoms with E-state index in [4.69, 9.17) is 11.6 Å². The van der Waals surface area contributed by atoms with E-state index in [1.807, 2.05) is 6.07 Å². The Morgan fingerprint density at radius 2 is 2.17 bits per heavy atom. The second kappa shape index (κ2) is 5.03. The molecule has 2 rings (SSSR count). The van der Waals surface area contributed by atoms with Gasteiger partial charge in [-0.1, -0.05) is 33.6 Å². The van der Waals surface area contributed by atoms with Gasteiger partial charge in [0.2, 0.25) is 0 Å². The van der Waals surface area contributed by atoms with E-state index >= 15 is 0 Å². The zero-order chi connectivity index (χ0) is 13.3. The normalized spacial score (nSPS) is 11.7. The molecular formula is C11H10BrClN2O2S. The van der Waals surface area contributed by atoms with Crippen molar-refractivity contribution in [1.82, 2.24) is 9.78 Å². The minimum atomic E-state index is -3.25. The molecule has 1 aromatic carbocycles. The van der Waals surface area contributed by atoms with Crippen LogP contribution in [-0.2, 0) is 15.2 Å². The second-order valence-corrected chi connectivity index (χ2v) is 6.81. The van der Waals surface area contributed by atoms with Crippen molar-refractivity contribution >= 4 is 37.4 Å². The van der Waals surface area contributed by atoms with Gasteiger partial charge in [-0.25, -0.2) is 13.1 Å². The lowest BCUT2D eigenvalue weighted by Gasteiger charge is -2.07. The predicted molar refractivity (Wildman–Crippen MR) is 74.3 cm³/mol. The standard InChI is InChI=1S/C11H10BrClN2O2S/c1-18(16,17)10-6-14-15(7-10)11-4-9(13)3-2-8(11)5-12/h2-4,6-7H,5H2,1H3. The summed E-state index contributed by atoms with van der Waals surface area (Å²) in [6, 6.07) is 5.40. The van der Waals surface area contributed by atoms with Gasteiger partial charge in [-0.2, -0.15) is 5.10 Å². The van der Waals surface area contributed by atoms with Crippen LogP contribution in [0.5, 0.6) is 0 Å². The maximum absolute atomic E-state index is 11.4. The lowest BCUT2D eigenvalue weighted by atomic mass is 10.2. The first-order valence-electron chi connectivity index (χ1n) is 5.01. The quantitative estimate of drug-likeness (QED) is 0.801. The van der Waals surface area contributed by atoms with Crippen LogP contribution < -0.4 is 0 Å². The molecule has 4 nitrogen and oxygen atoms in total. The van der Waals surface area contributed by atoms with E-state index in [-0.39, 0.29) is 4.90 Å². The van der Waals surface area contributed by atoms with Crippen molar-refractivity contribution < 1.29 is 8.42 Å². The molecule has 2 aromatic rings. The maximum atomic E-state index is 11.4. The highest BCUT2D eigenvalue weighted by atomic mass is 79.9. The molecule has 0 aliphatic carbocycles. The van der Waals surface area contributed by atoms with Crippen molar-refractivity contribution in [1.29, 1.82) is 0 Å². The summed E-state index contributed by atoms with van der Waals surface area (Å²) in [5.74, 6) is 0. The third kappa shape index (κ3) is 2.76. The van der Waals surface area contributed by atoms with Crippen LogP contribution in [0.2, 0.25) is 5.02 Å². The van der Waals surface area contributed by atoms with Crippen molar-refractivity contribution in [2.75, 3.05) is 6.26 Å². The number of halogens is 2. The molecule has 0 saturated heterocycles. The molecule has 0 aliphatic rings. The van der Waals surface area contributed by atoms with Gasteiger partial charge in [-0.15, -0.1) is 0 Å². The zero-order valence-electron chi connectivity index (χ0n) is 9.47. The Balaban J connectivity index is 2.55. The van der Waals surface area contributed by atoms with Crippen molar-refractivity contribution in [2.45, 2.75) is 10.2 Å². The highest BCUT2D eigenvalue weighted by Gasteiger charge is 2.12. The van der Waals surface area contributed by atoms with Crippen molar-refractivity contribution in [3.8, 4) is 5.69 Å². The summed E-state index contributed by atoms with van der Waals surface area (Å²) in [5.41, 5.74) is 1.73. The van der Waals surface area contributed by atoms with Gasteiger partial charge in [0.25, 0.3) is 0 Å². The largest absolute Gasteiger partial charge is 0.239 e. The van der Waals surface area contributed by atoms with Gasteiger partial charge in [0, 0.05) is 22.8 Å². The summed E-state index contributed by atoms with van der Waals surface area (Å²) in [7, 11) is -3.25. The van der Waals surface area contributed by atoms with E-state index in [2.05, 4.69) is 21.0 Å². The van der Waals surface area contributed by atoms with E-state index in [1.54, 1.807) is 12.1 Å². The van der Waals surface area contributed by atoms with Crippen molar-refractivity contribution in [2.24, 2.45) is 0 Å². The summed E-state index contributed by atoms with van der Waals surface area (Å²) in [5, 5.41) is 5.27. The number of rotatable bonds is 3. The minimum Gasteiger partial charge on any atom is -0.239 e. The summed E-state index contributed by atoms with van der Waals surface area (Å²) >= 11 is 9.32. The van der Waals surface area contributed by atoms with Crippen molar-refractivity contribution in [3.05, 3.63) is 41.2 Å². The highest BCUT2D eigenvalue weighted by molar-refractivity contribution is 9.08. The smallest absolute Gasteiger partial charge is 0.178 e. The number of alkyl halides is 1. The molecule has 0 saturated carbocycles. The first kappa shape index (κ1) is 13.6. The molecule has 1 heterocycles. The SMILES string of the molecule is CS(=O)(=O)c1cnn(-c2cc(Cl)ccc2CBr)c1. The Bertz CT molecular complexity index is 682. The Labute approximate surface area is 119 Å². The van der Waals surface area contributed by atoms with Gasteiger partial charge in [-0.3, -0.25) is 0 Å². The number of nitrogens with zero attached hydrogens (tertiary/aromatic N) is 2. The molecule has 0 unspecified atom stereocenters. The summed E-state index contributed by atoms with van der Waals surface area (Å²) in [6.07, 6.45) is 3.96. The Morgan fingerprint density at radius 3 is 2.72 bits per heavy atom. The van der Waals surface area contributed by atoms with E-state index < -0.39 is 9.84 Å². The fraction of sp³-hybridized carbons (Fsp3) is 0.182. The van der Waals surface area contributed by atoms with Crippen LogP contribution in [0.4, 0.5) is 0 Å². The number of aromatic nitrogens is 2. The van der Waals surface area contributed by atoms with Crippen LogP contribution in [0.15, 0.2) is 35.5 Å². The van der Waals surface area contributed by atoms with Crippen LogP contribution >= 0.6 is 27.5 Å². The number of hydrogen-bond donors (Lipinski definition) is 0.